The van der Waals surface area contributed by atoms with Crippen LogP contribution in [0, 0.1) is 0 Å². The molecule has 1 saturated heterocycles. The molecule has 7 nitrogen and oxygen atoms in total. The molecule has 154 valence electrons. The molecule has 2 aliphatic heterocycles. The Kier molecular flexibility index (Phi) is 6.44. The lowest BCUT2D eigenvalue weighted by Crippen LogP contribution is -2.50. The SMILES string of the molecule is CC(NC(=O)N1CCCC(N(C)CC(=O)O)CC1)C1Oc2ccccc2C1C. The Morgan fingerprint density at radius 1 is 1.32 bits per heavy atom. The van der Waals surface area contributed by atoms with Crippen LogP contribution in [0.25, 0.3) is 0 Å². The zero-order chi connectivity index (χ0) is 20.3. The van der Waals surface area contributed by atoms with E-state index in [1.165, 1.54) is 5.56 Å². The van der Waals surface area contributed by atoms with Crippen molar-refractivity contribution in [1.29, 1.82) is 0 Å². The number of carboxylic acids is 1. The molecule has 28 heavy (non-hydrogen) atoms. The fourth-order valence-corrected chi connectivity index (χ4v) is 4.36. The highest BCUT2D eigenvalue weighted by atomic mass is 16.5. The first-order valence-electron chi connectivity index (χ1n) is 10.1. The summed E-state index contributed by atoms with van der Waals surface area (Å²) in [6.07, 6.45) is 2.48. The number of benzene rings is 1. The van der Waals surface area contributed by atoms with Gasteiger partial charge in [0.2, 0.25) is 0 Å². The van der Waals surface area contributed by atoms with Gasteiger partial charge in [-0.05, 0) is 39.3 Å². The number of fused-ring (bicyclic) bond motifs is 1. The summed E-state index contributed by atoms with van der Waals surface area (Å²) in [6.45, 7) is 5.48. The van der Waals surface area contributed by atoms with E-state index in [9.17, 15) is 9.59 Å². The normalized spacial score (nSPS) is 25.6. The van der Waals surface area contributed by atoms with Crippen LogP contribution < -0.4 is 10.1 Å². The van der Waals surface area contributed by atoms with E-state index in [1.807, 2.05) is 42.0 Å². The van der Waals surface area contributed by atoms with Gasteiger partial charge in [-0.2, -0.15) is 0 Å². The smallest absolute Gasteiger partial charge is 0.317 e. The molecule has 2 N–H and O–H groups in total. The van der Waals surface area contributed by atoms with Crippen LogP contribution in [0.5, 0.6) is 5.75 Å². The van der Waals surface area contributed by atoms with Crippen molar-refractivity contribution in [2.24, 2.45) is 0 Å². The van der Waals surface area contributed by atoms with E-state index in [0.29, 0.717) is 13.1 Å². The maximum Gasteiger partial charge on any atom is 0.317 e. The first kappa shape index (κ1) is 20.5. The van der Waals surface area contributed by atoms with Crippen LogP contribution in [0.2, 0.25) is 0 Å². The van der Waals surface area contributed by atoms with Gasteiger partial charge in [-0.25, -0.2) is 4.79 Å². The largest absolute Gasteiger partial charge is 0.487 e. The first-order chi connectivity index (χ1) is 13.4. The van der Waals surface area contributed by atoms with Gasteiger partial charge >= 0.3 is 12.0 Å². The molecule has 4 unspecified atom stereocenters. The van der Waals surface area contributed by atoms with Gasteiger partial charge in [-0.15, -0.1) is 0 Å². The van der Waals surface area contributed by atoms with Crippen LogP contribution in [-0.2, 0) is 4.79 Å². The number of hydrogen-bond donors (Lipinski definition) is 2. The lowest BCUT2D eigenvalue weighted by molar-refractivity contribution is -0.138. The molecule has 4 atom stereocenters. The third-order valence-corrected chi connectivity index (χ3v) is 6.00. The molecule has 2 heterocycles. The number of likely N-dealkylation sites (tertiary alicyclic amines) is 1. The lowest BCUT2D eigenvalue weighted by atomic mass is 9.94. The topological polar surface area (TPSA) is 82.1 Å². The summed E-state index contributed by atoms with van der Waals surface area (Å²) < 4.78 is 6.08. The van der Waals surface area contributed by atoms with Gasteiger partial charge in [0.15, 0.2) is 0 Å². The Bertz CT molecular complexity index is 711. The fourth-order valence-electron chi connectivity index (χ4n) is 4.36. The molecule has 1 aromatic carbocycles. The second-order valence-electron chi connectivity index (χ2n) is 8.03. The Morgan fingerprint density at radius 2 is 2.07 bits per heavy atom. The van der Waals surface area contributed by atoms with E-state index in [4.69, 9.17) is 9.84 Å². The van der Waals surface area contributed by atoms with Crippen molar-refractivity contribution in [2.45, 2.75) is 57.2 Å². The monoisotopic (exact) mass is 389 g/mol. The van der Waals surface area contributed by atoms with Gasteiger partial charge in [0.1, 0.15) is 11.9 Å². The fraction of sp³-hybridized carbons (Fsp3) is 0.619. The minimum atomic E-state index is -0.818. The van der Waals surface area contributed by atoms with Crippen molar-refractivity contribution < 1.29 is 19.4 Å². The predicted octanol–water partition coefficient (Wildman–Crippen LogP) is 2.52. The highest BCUT2D eigenvalue weighted by Gasteiger charge is 2.36. The number of nitrogens with one attached hydrogen (secondary N) is 1. The molecule has 0 aliphatic carbocycles. The number of carboxylic acid groups (broad SMARTS) is 1. The van der Waals surface area contributed by atoms with Crippen molar-refractivity contribution in [1.82, 2.24) is 15.1 Å². The molecule has 1 aromatic rings. The van der Waals surface area contributed by atoms with E-state index in [0.717, 1.165) is 25.0 Å². The number of carbonyl (C=O) groups is 2. The minimum Gasteiger partial charge on any atom is -0.487 e. The van der Waals surface area contributed by atoms with Crippen molar-refractivity contribution >= 4 is 12.0 Å². The predicted molar refractivity (Wildman–Crippen MR) is 107 cm³/mol. The molecule has 2 amide bonds. The van der Waals surface area contributed by atoms with Gasteiger partial charge in [0.05, 0.1) is 12.6 Å². The van der Waals surface area contributed by atoms with Crippen molar-refractivity contribution in [3.8, 4) is 5.75 Å². The molecule has 1 fully saturated rings. The number of ether oxygens (including phenoxy) is 1. The van der Waals surface area contributed by atoms with Gasteiger partial charge in [0.25, 0.3) is 0 Å². The van der Waals surface area contributed by atoms with Crippen LogP contribution >= 0.6 is 0 Å². The summed E-state index contributed by atoms with van der Waals surface area (Å²) in [7, 11) is 1.84. The Balaban J connectivity index is 1.53. The van der Waals surface area contributed by atoms with Crippen LogP contribution in [0.4, 0.5) is 4.79 Å². The maximum absolute atomic E-state index is 12.8. The number of carbonyl (C=O) groups excluding carboxylic acids is 1. The standard InChI is InChI=1S/C21H31N3O4/c1-14-17-8-4-5-9-18(17)28-20(14)15(2)22-21(27)24-11-6-7-16(10-12-24)23(3)13-19(25)26/h4-5,8-9,14-16,20H,6-7,10-13H2,1-3H3,(H,22,27)(H,25,26). The molecular weight excluding hydrogens is 358 g/mol. The van der Waals surface area contributed by atoms with E-state index in [1.54, 1.807) is 0 Å². The number of aliphatic carboxylic acids is 1. The average molecular weight is 389 g/mol. The third-order valence-electron chi connectivity index (χ3n) is 6.00. The van der Waals surface area contributed by atoms with Gasteiger partial charge in [-0.3, -0.25) is 9.69 Å². The summed E-state index contributed by atoms with van der Waals surface area (Å²) in [5.74, 6) is 0.312. The Morgan fingerprint density at radius 3 is 2.79 bits per heavy atom. The molecule has 7 heteroatoms. The molecular formula is C21H31N3O4. The van der Waals surface area contributed by atoms with E-state index in [-0.39, 0.29) is 36.7 Å². The third kappa shape index (κ3) is 4.58. The zero-order valence-corrected chi connectivity index (χ0v) is 16.9. The molecule has 2 aliphatic rings. The molecule has 0 bridgehead atoms. The lowest BCUT2D eigenvalue weighted by Gasteiger charge is -2.28. The second-order valence-corrected chi connectivity index (χ2v) is 8.03. The highest BCUT2D eigenvalue weighted by molar-refractivity contribution is 5.74. The van der Waals surface area contributed by atoms with E-state index < -0.39 is 5.97 Å². The number of hydrogen-bond acceptors (Lipinski definition) is 4. The quantitative estimate of drug-likeness (QED) is 0.809. The van der Waals surface area contributed by atoms with Crippen molar-refractivity contribution in [3.63, 3.8) is 0 Å². The summed E-state index contributed by atoms with van der Waals surface area (Å²) in [6, 6.07) is 8.05. The Hall–Kier alpha value is -2.28. The molecule has 0 spiro atoms. The summed E-state index contributed by atoms with van der Waals surface area (Å²) >= 11 is 0. The van der Waals surface area contributed by atoms with Crippen LogP contribution in [0.15, 0.2) is 24.3 Å². The number of rotatable bonds is 5. The maximum atomic E-state index is 12.8. The molecule has 0 radical (unpaired) electrons. The van der Waals surface area contributed by atoms with Crippen LogP contribution in [0.1, 0.15) is 44.6 Å². The number of para-hydroxylation sites is 1. The Labute approximate surface area is 166 Å². The molecule has 0 aromatic heterocycles. The average Bonchev–Trinajstić information content (AvgIpc) is 2.82. The van der Waals surface area contributed by atoms with Crippen molar-refractivity contribution in [3.05, 3.63) is 29.8 Å². The van der Waals surface area contributed by atoms with E-state index >= 15 is 0 Å². The number of likely N-dealkylation sites (N-methyl/N-ethyl adjacent to an activating group) is 1. The van der Waals surface area contributed by atoms with Gasteiger partial charge in [-0.1, -0.05) is 25.1 Å². The van der Waals surface area contributed by atoms with Gasteiger partial charge in [0, 0.05) is 30.6 Å². The van der Waals surface area contributed by atoms with Crippen molar-refractivity contribution in [2.75, 3.05) is 26.7 Å². The van der Waals surface area contributed by atoms with Gasteiger partial charge < -0.3 is 20.1 Å². The highest BCUT2D eigenvalue weighted by Crippen LogP contribution is 2.38. The summed E-state index contributed by atoms with van der Waals surface area (Å²) in [5.41, 5.74) is 1.19. The molecule has 3 rings (SSSR count). The molecule has 0 saturated carbocycles. The van der Waals surface area contributed by atoms with Crippen LogP contribution in [0.3, 0.4) is 0 Å². The minimum absolute atomic E-state index is 0.0331. The first-order valence-corrected chi connectivity index (χ1v) is 10.1. The number of nitrogens with zero attached hydrogens (tertiary/aromatic N) is 2. The second kappa shape index (κ2) is 8.82. The number of amides is 2. The summed E-state index contributed by atoms with van der Waals surface area (Å²) in [5, 5.41) is 12.1. The number of urea groups is 1. The summed E-state index contributed by atoms with van der Waals surface area (Å²) in [4.78, 5) is 27.5. The zero-order valence-electron chi connectivity index (χ0n) is 16.9. The van der Waals surface area contributed by atoms with Crippen LogP contribution in [-0.4, -0.2) is 71.8 Å². The van der Waals surface area contributed by atoms with E-state index in [2.05, 4.69) is 18.3 Å².